The van der Waals surface area contributed by atoms with Crippen molar-refractivity contribution in [1.82, 2.24) is 14.9 Å². The number of rotatable bonds is 9. The number of aromatic nitrogens is 2. The van der Waals surface area contributed by atoms with Gasteiger partial charge in [0.25, 0.3) is 0 Å². The molecule has 0 bridgehead atoms. The molecule has 2 aromatic rings. The molecule has 192 valence electrons. The molecule has 35 heavy (non-hydrogen) atoms. The first-order valence-electron chi connectivity index (χ1n) is 12.4. The molecule has 6 nitrogen and oxygen atoms in total. The lowest BCUT2D eigenvalue weighted by Crippen LogP contribution is -2.47. The Kier molecular flexibility index (Phi) is 8.43. The minimum Gasteiger partial charge on any atom is -0.329 e. The molecule has 2 atom stereocenters. The second-order valence-electron chi connectivity index (χ2n) is 11.3. The molecule has 0 spiro atoms. The zero-order chi connectivity index (χ0) is 26.0. The predicted molar refractivity (Wildman–Crippen MR) is 138 cm³/mol. The number of imidazole rings is 1. The number of nitrogens with zero attached hydrogens (tertiary/aromatic N) is 2. The van der Waals surface area contributed by atoms with Crippen molar-refractivity contribution in [3.05, 3.63) is 46.6 Å². The number of nitrogens with one attached hydrogen (secondary N) is 2. The number of ketones is 1. The fourth-order valence-corrected chi connectivity index (χ4v) is 4.62. The topological polar surface area (TPSA) is 76.0 Å². The summed E-state index contributed by atoms with van der Waals surface area (Å²) in [7, 11) is 0. The summed E-state index contributed by atoms with van der Waals surface area (Å²) in [6, 6.07) is 2.96. The van der Waals surface area contributed by atoms with E-state index in [1.54, 1.807) is 18.6 Å². The van der Waals surface area contributed by atoms with Crippen LogP contribution in [0.15, 0.2) is 24.7 Å². The largest absolute Gasteiger partial charge is 0.329 e. The van der Waals surface area contributed by atoms with Gasteiger partial charge in [-0.1, -0.05) is 45.7 Å². The first-order valence-corrected chi connectivity index (χ1v) is 12.8. The van der Waals surface area contributed by atoms with Gasteiger partial charge in [-0.15, -0.1) is 0 Å². The molecule has 0 fully saturated rings. The normalized spacial score (nSPS) is 17.1. The summed E-state index contributed by atoms with van der Waals surface area (Å²) in [5.74, 6) is 0.117. The van der Waals surface area contributed by atoms with Gasteiger partial charge in [0.1, 0.15) is 11.6 Å². The van der Waals surface area contributed by atoms with E-state index in [4.69, 9.17) is 11.6 Å². The van der Waals surface area contributed by atoms with Crippen molar-refractivity contribution >= 4 is 29.1 Å². The molecule has 0 aliphatic heterocycles. The van der Waals surface area contributed by atoms with Gasteiger partial charge in [0, 0.05) is 29.6 Å². The van der Waals surface area contributed by atoms with Crippen molar-refractivity contribution in [2.45, 2.75) is 97.7 Å². The Morgan fingerprint density at radius 2 is 1.94 bits per heavy atom. The molecule has 1 aliphatic carbocycles. The Hall–Kier alpha value is -2.25. The van der Waals surface area contributed by atoms with Gasteiger partial charge >= 0.3 is 0 Å². The lowest BCUT2D eigenvalue weighted by atomic mass is 9.83. The van der Waals surface area contributed by atoms with Gasteiger partial charge in [-0.3, -0.25) is 9.59 Å². The standard InChI is InChI=1S/C27H38ClFN4O2/c1-7-8-22(31-19-10-9-17-13-21(29)20(28)12-18(17)11-19)25(35)32-24-15-33(16-30-24)27(5,6)14-23(34)26(2,3)4/h12-13,15-16,19,22,31H,7-11,14H2,1-6H3,(H,32,35)/t19-,22-/m0/s1. The number of halogens is 2. The second kappa shape index (κ2) is 10.8. The molecule has 0 unspecified atom stereocenters. The van der Waals surface area contributed by atoms with Gasteiger partial charge in [0.2, 0.25) is 5.91 Å². The highest BCUT2D eigenvalue weighted by Crippen LogP contribution is 2.29. The maximum Gasteiger partial charge on any atom is 0.242 e. The van der Waals surface area contributed by atoms with Crippen LogP contribution in [0.5, 0.6) is 0 Å². The summed E-state index contributed by atoms with van der Waals surface area (Å²) in [5.41, 5.74) is 1.14. The third kappa shape index (κ3) is 6.91. The van der Waals surface area contributed by atoms with Crippen molar-refractivity contribution in [1.29, 1.82) is 0 Å². The molecule has 2 N–H and O–H groups in total. The van der Waals surface area contributed by atoms with E-state index in [9.17, 15) is 14.0 Å². The van der Waals surface area contributed by atoms with Crippen LogP contribution in [0, 0.1) is 11.2 Å². The third-order valence-electron chi connectivity index (χ3n) is 6.76. The summed E-state index contributed by atoms with van der Waals surface area (Å²) in [6.07, 6.45) is 7.62. The van der Waals surface area contributed by atoms with Gasteiger partial charge in [-0.05, 0) is 62.8 Å². The SMILES string of the molecule is CCC[C@H](N[C@H]1CCc2cc(F)c(Cl)cc2C1)C(=O)Nc1cn(C(C)(C)CC(=O)C(C)(C)C)cn1. The predicted octanol–water partition coefficient (Wildman–Crippen LogP) is 5.67. The summed E-state index contributed by atoms with van der Waals surface area (Å²) in [5, 5.41) is 6.58. The van der Waals surface area contributed by atoms with Crippen LogP contribution in [0.25, 0.3) is 0 Å². The van der Waals surface area contributed by atoms with Crippen LogP contribution in [0.1, 0.15) is 78.4 Å². The van der Waals surface area contributed by atoms with Gasteiger partial charge in [-0.2, -0.15) is 0 Å². The van der Waals surface area contributed by atoms with E-state index >= 15 is 0 Å². The lowest BCUT2D eigenvalue weighted by Gasteiger charge is -2.29. The Labute approximate surface area is 213 Å². The smallest absolute Gasteiger partial charge is 0.242 e. The number of amides is 1. The fraction of sp³-hybridized carbons (Fsp3) is 0.593. The Morgan fingerprint density at radius 1 is 1.23 bits per heavy atom. The molecular formula is C27H38ClFN4O2. The van der Waals surface area contributed by atoms with E-state index in [1.165, 1.54) is 6.07 Å². The van der Waals surface area contributed by atoms with E-state index in [0.717, 1.165) is 30.4 Å². The summed E-state index contributed by atoms with van der Waals surface area (Å²) < 4.78 is 15.7. The minimum absolute atomic E-state index is 0.103. The molecule has 1 aromatic carbocycles. The number of aryl methyl sites for hydroxylation is 1. The van der Waals surface area contributed by atoms with E-state index in [2.05, 4.69) is 15.6 Å². The quantitative estimate of drug-likeness (QED) is 0.461. The lowest BCUT2D eigenvalue weighted by molar-refractivity contribution is -0.128. The number of anilines is 1. The zero-order valence-electron chi connectivity index (χ0n) is 21.7. The van der Waals surface area contributed by atoms with Gasteiger partial charge in [0.05, 0.1) is 17.4 Å². The van der Waals surface area contributed by atoms with Gasteiger partial charge in [-0.25, -0.2) is 9.37 Å². The number of benzene rings is 1. The number of hydrogen-bond acceptors (Lipinski definition) is 4. The highest BCUT2D eigenvalue weighted by molar-refractivity contribution is 6.30. The molecule has 1 heterocycles. The summed E-state index contributed by atoms with van der Waals surface area (Å²) in [6.45, 7) is 11.8. The van der Waals surface area contributed by atoms with Gasteiger partial charge < -0.3 is 15.2 Å². The van der Waals surface area contributed by atoms with Crippen molar-refractivity contribution in [3.63, 3.8) is 0 Å². The van der Waals surface area contributed by atoms with Crippen LogP contribution in [-0.2, 0) is 28.0 Å². The fourth-order valence-electron chi connectivity index (χ4n) is 4.44. The molecule has 0 saturated heterocycles. The zero-order valence-corrected chi connectivity index (χ0v) is 22.4. The van der Waals surface area contributed by atoms with E-state index in [-0.39, 0.29) is 34.6 Å². The number of hydrogen-bond donors (Lipinski definition) is 2. The van der Waals surface area contributed by atoms with E-state index < -0.39 is 11.0 Å². The van der Waals surface area contributed by atoms with Crippen molar-refractivity contribution in [3.8, 4) is 0 Å². The van der Waals surface area contributed by atoms with Crippen LogP contribution in [-0.4, -0.2) is 33.3 Å². The average Bonchev–Trinajstić information content (AvgIpc) is 3.23. The van der Waals surface area contributed by atoms with Crippen molar-refractivity contribution in [2.24, 2.45) is 5.41 Å². The van der Waals surface area contributed by atoms with E-state index in [0.29, 0.717) is 25.1 Å². The van der Waals surface area contributed by atoms with Crippen molar-refractivity contribution < 1.29 is 14.0 Å². The number of carbonyl (C=O) groups excluding carboxylic acids is 2. The average molecular weight is 505 g/mol. The molecule has 0 radical (unpaired) electrons. The van der Waals surface area contributed by atoms with E-state index in [1.807, 2.05) is 46.1 Å². The minimum atomic E-state index is -0.461. The van der Waals surface area contributed by atoms with Crippen LogP contribution in [0.2, 0.25) is 5.02 Å². The highest BCUT2D eigenvalue weighted by atomic mass is 35.5. The Morgan fingerprint density at radius 3 is 2.60 bits per heavy atom. The van der Waals surface area contributed by atoms with Crippen LogP contribution >= 0.6 is 11.6 Å². The molecule has 1 aromatic heterocycles. The maximum absolute atomic E-state index is 13.8. The van der Waals surface area contributed by atoms with Crippen molar-refractivity contribution in [2.75, 3.05) is 5.32 Å². The maximum atomic E-state index is 13.8. The Bertz CT molecular complexity index is 1070. The molecule has 0 saturated carbocycles. The second-order valence-corrected chi connectivity index (χ2v) is 11.7. The highest BCUT2D eigenvalue weighted by Gasteiger charge is 2.31. The number of carbonyl (C=O) groups is 2. The summed E-state index contributed by atoms with van der Waals surface area (Å²) in [4.78, 5) is 30.1. The van der Waals surface area contributed by atoms with Crippen LogP contribution < -0.4 is 10.6 Å². The molecule has 3 rings (SSSR count). The Balaban J connectivity index is 1.65. The third-order valence-corrected chi connectivity index (χ3v) is 7.05. The van der Waals surface area contributed by atoms with Crippen LogP contribution in [0.4, 0.5) is 10.2 Å². The monoisotopic (exact) mass is 504 g/mol. The molecular weight excluding hydrogens is 467 g/mol. The number of fused-ring (bicyclic) bond motifs is 1. The number of Topliss-reactive ketones (excluding diaryl/α,β-unsaturated/α-hetero) is 1. The molecule has 1 amide bonds. The summed E-state index contributed by atoms with van der Waals surface area (Å²) >= 11 is 5.99. The first kappa shape index (κ1) is 27.3. The van der Waals surface area contributed by atoms with Gasteiger partial charge in [0.15, 0.2) is 5.82 Å². The molecule has 8 heteroatoms. The first-order chi connectivity index (χ1) is 16.3. The van der Waals surface area contributed by atoms with Crippen LogP contribution in [0.3, 0.4) is 0 Å². The molecule has 1 aliphatic rings.